The summed E-state index contributed by atoms with van der Waals surface area (Å²) in [6.45, 7) is 1.42. The van der Waals surface area contributed by atoms with Crippen LogP contribution >= 0.6 is 11.6 Å². The van der Waals surface area contributed by atoms with Crippen LogP contribution in [0.15, 0.2) is 83.8 Å². The molecule has 0 spiro atoms. The van der Waals surface area contributed by atoms with Gasteiger partial charge in [0.1, 0.15) is 6.54 Å². The molecule has 3 aromatic rings. The van der Waals surface area contributed by atoms with Crippen molar-refractivity contribution < 1.29 is 13.2 Å². The van der Waals surface area contributed by atoms with Crippen molar-refractivity contribution in [3.63, 3.8) is 0 Å². The highest BCUT2D eigenvalue weighted by molar-refractivity contribution is 7.92. The molecular weight excluding hydrogens is 396 g/mol. The first-order chi connectivity index (χ1) is 13.4. The van der Waals surface area contributed by atoms with Crippen LogP contribution in [-0.4, -0.2) is 20.9 Å². The van der Waals surface area contributed by atoms with Crippen molar-refractivity contribution in [2.24, 2.45) is 0 Å². The second-order valence-corrected chi connectivity index (χ2v) is 8.41. The second-order valence-electron chi connectivity index (χ2n) is 6.14. The smallest absolute Gasteiger partial charge is 0.264 e. The maximum absolute atomic E-state index is 13.3. The molecule has 5 nitrogen and oxygen atoms in total. The normalized spacial score (nSPS) is 11.1. The molecule has 0 radical (unpaired) electrons. The fraction of sp³-hybridized carbons (Fsp3) is 0.0952. The first kappa shape index (κ1) is 19.9. The number of hydrogen-bond donors (Lipinski definition) is 1. The Bertz CT molecular complexity index is 1090. The summed E-state index contributed by atoms with van der Waals surface area (Å²) in [5, 5.41) is 3.06. The highest BCUT2D eigenvalue weighted by Gasteiger charge is 2.28. The Morgan fingerprint density at radius 2 is 1.54 bits per heavy atom. The molecule has 0 atom stereocenters. The SMILES string of the molecule is Cc1ccccc1N(CC(=O)Nc1ccccc1Cl)S(=O)(=O)c1ccccc1. The third-order valence-electron chi connectivity index (χ3n) is 4.15. The van der Waals surface area contributed by atoms with Crippen molar-refractivity contribution in [3.8, 4) is 0 Å². The average Bonchev–Trinajstić information content (AvgIpc) is 2.69. The second kappa shape index (κ2) is 8.46. The summed E-state index contributed by atoms with van der Waals surface area (Å²) >= 11 is 6.09. The molecular formula is C21H19ClN2O3S. The van der Waals surface area contributed by atoms with Crippen molar-refractivity contribution >= 4 is 38.9 Å². The molecule has 28 heavy (non-hydrogen) atoms. The fourth-order valence-electron chi connectivity index (χ4n) is 2.75. The monoisotopic (exact) mass is 414 g/mol. The van der Waals surface area contributed by atoms with Gasteiger partial charge in [-0.05, 0) is 42.8 Å². The lowest BCUT2D eigenvalue weighted by Crippen LogP contribution is -2.38. The minimum atomic E-state index is -3.93. The van der Waals surface area contributed by atoms with E-state index in [0.717, 1.165) is 9.87 Å². The van der Waals surface area contributed by atoms with Crippen LogP contribution in [0.3, 0.4) is 0 Å². The van der Waals surface area contributed by atoms with Gasteiger partial charge >= 0.3 is 0 Å². The Morgan fingerprint density at radius 3 is 2.21 bits per heavy atom. The number of benzene rings is 3. The maximum Gasteiger partial charge on any atom is 0.264 e. The number of rotatable bonds is 6. The summed E-state index contributed by atoms with van der Waals surface area (Å²) < 4.78 is 27.6. The largest absolute Gasteiger partial charge is 0.323 e. The molecule has 0 saturated heterocycles. The lowest BCUT2D eigenvalue weighted by molar-refractivity contribution is -0.114. The minimum Gasteiger partial charge on any atom is -0.323 e. The molecule has 0 unspecified atom stereocenters. The van der Waals surface area contributed by atoms with E-state index in [0.29, 0.717) is 16.4 Å². The molecule has 3 aromatic carbocycles. The topological polar surface area (TPSA) is 66.5 Å². The molecule has 0 saturated carbocycles. The van der Waals surface area contributed by atoms with E-state index in [-0.39, 0.29) is 11.4 Å². The van der Waals surface area contributed by atoms with Crippen LogP contribution in [0.4, 0.5) is 11.4 Å². The number of anilines is 2. The van der Waals surface area contributed by atoms with E-state index >= 15 is 0 Å². The zero-order valence-electron chi connectivity index (χ0n) is 15.2. The zero-order chi connectivity index (χ0) is 20.1. The first-order valence-electron chi connectivity index (χ1n) is 8.57. The van der Waals surface area contributed by atoms with Gasteiger partial charge in [0.2, 0.25) is 5.91 Å². The predicted molar refractivity (Wildman–Crippen MR) is 112 cm³/mol. The third-order valence-corrected chi connectivity index (χ3v) is 6.25. The molecule has 1 amide bonds. The summed E-state index contributed by atoms with van der Waals surface area (Å²) in [4.78, 5) is 12.8. The maximum atomic E-state index is 13.3. The number of carbonyl (C=O) groups is 1. The number of amides is 1. The zero-order valence-corrected chi connectivity index (χ0v) is 16.7. The number of sulfonamides is 1. The van der Waals surface area contributed by atoms with Crippen LogP contribution in [-0.2, 0) is 14.8 Å². The number of para-hydroxylation sites is 2. The number of nitrogens with zero attached hydrogens (tertiary/aromatic N) is 1. The Balaban J connectivity index is 1.97. The molecule has 144 valence electrons. The van der Waals surface area contributed by atoms with Crippen LogP contribution in [0.1, 0.15) is 5.56 Å². The van der Waals surface area contributed by atoms with E-state index in [2.05, 4.69) is 5.32 Å². The van der Waals surface area contributed by atoms with Crippen molar-refractivity contribution in [3.05, 3.63) is 89.4 Å². The van der Waals surface area contributed by atoms with Crippen LogP contribution in [0.2, 0.25) is 5.02 Å². The van der Waals surface area contributed by atoms with Crippen LogP contribution in [0, 0.1) is 6.92 Å². The quantitative estimate of drug-likeness (QED) is 0.646. The molecule has 0 aliphatic carbocycles. The fourth-order valence-corrected chi connectivity index (χ4v) is 4.43. The first-order valence-corrected chi connectivity index (χ1v) is 10.4. The van der Waals surface area contributed by atoms with E-state index in [9.17, 15) is 13.2 Å². The van der Waals surface area contributed by atoms with Gasteiger partial charge in [0.05, 0.1) is 21.3 Å². The molecule has 7 heteroatoms. The molecule has 0 bridgehead atoms. The summed E-state index contributed by atoms with van der Waals surface area (Å²) in [5.41, 5.74) is 1.62. The Morgan fingerprint density at radius 1 is 0.929 bits per heavy atom. The van der Waals surface area contributed by atoms with Crippen LogP contribution in [0.25, 0.3) is 0 Å². The van der Waals surface area contributed by atoms with Gasteiger partial charge in [-0.15, -0.1) is 0 Å². The number of carbonyl (C=O) groups excluding carboxylic acids is 1. The van der Waals surface area contributed by atoms with Gasteiger partial charge < -0.3 is 5.32 Å². The lowest BCUT2D eigenvalue weighted by Gasteiger charge is -2.25. The van der Waals surface area contributed by atoms with E-state index in [4.69, 9.17) is 11.6 Å². The van der Waals surface area contributed by atoms with Gasteiger partial charge in [0, 0.05) is 0 Å². The molecule has 0 aliphatic heterocycles. The Hall–Kier alpha value is -2.83. The standard InChI is InChI=1S/C21H19ClN2O3S/c1-16-9-5-8-14-20(16)24(28(26,27)17-10-3-2-4-11-17)15-21(25)23-19-13-7-6-12-18(19)22/h2-14H,15H2,1H3,(H,23,25). The average molecular weight is 415 g/mol. The van der Waals surface area contributed by atoms with Gasteiger partial charge in [-0.3, -0.25) is 9.10 Å². The highest BCUT2D eigenvalue weighted by Crippen LogP contribution is 2.27. The molecule has 3 rings (SSSR count). The van der Waals surface area contributed by atoms with Crippen molar-refractivity contribution in [2.45, 2.75) is 11.8 Å². The molecule has 0 aromatic heterocycles. The Kier molecular flexibility index (Phi) is 6.02. The van der Waals surface area contributed by atoms with Crippen LogP contribution in [0.5, 0.6) is 0 Å². The summed E-state index contributed by atoms with van der Waals surface area (Å²) in [7, 11) is -3.93. The van der Waals surface area contributed by atoms with Gasteiger partial charge in [0.15, 0.2) is 0 Å². The number of aryl methyl sites for hydroxylation is 1. The Labute approximate surface area is 169 Å². The lowest BCUT2D eigenvalue weighted by atomic mass is 10.2. The summed E-state index contributed by atoms with van der Waals surface area (Å²) in [5.74, 6) is -0.490. The summed E-state index contributed by atoms with van der Waals surface area (Å²) in [6, 6.07) is 21.9. The van der Waals surface area contributed by atoms with Gasteiger partial charge in [-0.1, -0.05) is 60.1 Å². The minimum absolute atomic E-state index is 0.115. The third kappa shape index (κ3) is 4.35. The summed E-state index contributed by atoms with van der Waals surface area (Å²) in [6.07, 6.45) is 0. The molecule has 0 fully saturated rings. The van der Waals surface area contributed by atoms with E-state index < -0.39 is 15.9 Å². The van der Waals surface area contributed by atoms with E-state index in [1.54, 1.807) is 67.6 Å². The molecule has 1 N–H and O–H groups in total. The van der Waals surface area contributed by atoms with Crippen molar-refractivity contribution in [2.75, 3.05) is 16.2 Å². The number of halogens is 1. The van der Waals surface area contributed by atoms with Crippen molar-refractivity contribution in [1.29, 1.82) is 0 Å². The molecule has 0 heterocycles. The van der Waals surface area contributed by atoms with E-state index in [1.807, 2.05) is 6.07 Å². The van der Waals surface area contributed by atoms with Crippen molar-refractivity contribution in [1.82, 2.24) is 0 Å². The van der Waals surface area contributed by atoms with Gasteiger partial charge in [0.25, 0.3) is 10.0 Å². The van der Waals surface area contributed by atoms with E-state index in [1.165, 1.54) is 12.1 Å². The number of nitrogens with one attached hydrogen (secondary N) is 1. The number of hydrogen-bond acceptors (Lipinski definition) is 3. The highest BCUT2D eigenvalue weighted by atomic mass is 35.5. The molecule has 0 aliphatic rings. The predicted octanol–water partition coefficient (Wildman–Crippen LogP) is 4.48. The van der Waals surface area contributed by atoms with Gasteiger partial charge in [-0.2, -0.15) is 0 Å². The van der Waals surface area contributed by atoms with Gasteiger partial charge in [-0.25, -0.2) is 8.42 Å². The van der Waals surface area contributed by atoms with Crippen LogP contribution < -0.4 is 9.62 Å².